The molecule has 1 N–H and O–H groups in total. The van der Waals surface area contributed by atoms with E-state index >= 15 is 0 Å². The maximum atomic E-state index is 5.43. The van der Waals surface area contributed by atoms with Crippen molar-refractivity contribution in [2.24, 2.45) is 0 Å². The maximum absolute atomic E-state index is 5.43. The minimum Gasteiger partial charge on any atom is -0.354 e. The second-order valence-corrected chi connectivity index (χ2v) is 5.24. The molecule has 1 aliphatic rings. The number of benzene rings is 1. The second-order valence-electron chi connectivity index (χ2n) is 5.24. The smallest absolute Gasteiger partial charge is 0.172 e. The van der Waals surface area contributed by atoms with E-state index in [1.54, 1.807) is 14.2 Å². The first-order valence-corrected chi connectivity index (χ1v) is 7.16. The van der Waals surface area contributed by atoms with Gasteiger partial charge in [-0.25, -0.2) is 0 Å². The van der Waals surface area contributed by atoms with Crippen LogP contribution in [0.4, 0.5) is 0 Å². The summed E-state index contributed by atoms with van der Waals surface area (Å²) < 4.78 is 10.9. The van der Waals surface area contributed by atoms with Crippen molar-refractivity contribution in [2.45, 2.75) is 44.4 Å². The average molecular weight is 263 g/mol. The number of ether oxygens (including phenoxy) is 2. The van der Waals surface area contributed by atoms with Crippen molar-refractivity contribution in [3.8, 4) is 0 Å². The molecule has 19 heavy (non-hydrogen) atoms. The first-order valence-electron chi connectivity index (χ1n) is 7.16. The van der Waals surface area contributed by atoms with Crippen molar-refractivity contribution in [1.82, 2.24) is 5.32 Å². The summed E-state index contributed by atoms with van der Waals surface area (Å²) in [6, 6.07) is 8.98. The molecule has 0 spiro atoms. The predicted molar refractivity (Wildman–Crippen MR) is 77.4 cm³/mol. The molecule has 3 nitrogen and oxygen atoms in total. The quantitative estimate of drug-likeness (QED) is 0.732. The fourth-order valence-electron chi connectivity index (χ4n) is 2.92. The van der Waals surface area contributed by atoms with Crippen LogP contribution in [0.1, 0.15) is 36.8 Å². The Kier molecular flexibility index (Phi) is 5.37. The van der Waals surface area contributed by atoms with Gasteiger partial charge in [-0.1, -0.05) is 31.2 Å². The second kappa shape index (κ2) is 7.04. The van der Waals surface area contributed by atoms with Crippen LogP contribution in [0.5, 0.6) is 0 Å². The first kappa shape index (κ1) is 14.5. The number of nitrogens with one attached hydrogen (secondary N) is 1. The van der Waals surface area contributed by atoms with E-state index in [4.69, 9.17) is 9.47 Å². The van der Waals surface area contributed by atoms with Gasteiger partial charge >= 0.3 is 0 Å². The standard InChI is InChI=1S/C16H25NO2/c1-4-9-17-15(16(18-2)19-3)11-13-10-12-7-5-6-8-14(12)13/h5-8,13,15-17H,4,9-11H2,1-3H3. The normalized spacial score (nSPS) is 19.1. The molecule has 2 unspecified atom stereocenters. The number of rotatable bonds is 8. The van der Waals surface area contributed by atoms with Crippen LogP contribution in [0.25, 0.3) is 0 Å². The summed E-state index contributed by atoms with van der Waals surface area (Å²) in [7, 11) is 3.42. The molecule has 0 aromatic heterocycles. The van der Waals surface area contributed by atoms with E-state index in [1.807, 2.05) is 0 Å². The summed E-state index contributed by atoms with van der Waals surface area (Å²) in [6.45, 7) is 3.18. The number of fused-ring (bicyclic) bond motifs is 1. The van der Waals surface area contributed by atoms with Crippen LogP contribution in [-0.4, -0.2) is 33.1 Å². The van der Waals surface area contributed by atoms with Crippen LogP contribution in [0.2, 0.25) is 0 Å². The van der Waals surface area contributed by atoms with Gasteiger partial charge in [-0.3, -0.25) is 0 Å². The Bertz CT molecular complexity index is 390. The Morgan fingerprint density at radius 3 is 2.63 bits per heavy atom. The molecular formula is C16H25NO2. The molecule has 0 fully saturated rings. The van der Waals surface area contributed by atoms with Gasteiger partial charge < -0.3 is 14.8 Å². The molecule has 0 heterocycles. The van der Waals surface area contributed by atoms with Gasteiger partial charge in [0.25, 0.3) is 0 Å². The number of hydrogen-bond donors (Lipinski definition) is 1. The van der Waals surface area contributed by atoms with Crippen molar-refractivity contribution in [3.05, 3.63) is 35.4 Å². The minimum atomic E-state index is -0.167. The lowest BCUT2D eigenvalue weighted by atomic mass is 9.74. The molecule has 106 valence electrons. The van der Waals surface area contributed by atoms with Crippen LogP contribution in [-0.2, 0) is 15.9 Å². The topological polar surface area (TPSA) is 30.5 Å². The van der Waals surface area contributed by atoms with Crippen LogP contribution >= 0.6 is 0 Å². The predicted octanol–water partition coefficient (Wildman–Crippen LogP) is 2.70. The highest BCUT2D eigenvalue weighted by Gasteiger charge is 2.31. The monoisotopic (exact) mass is 263 g/mol. The highest BCUT2D eigenvalue weighted by atomic mass is 16.7. The van der Waals surface area contributed by atoms with Gasteiger partial charge in [0.2, 0.25) is 0 Å². The fourth-order valence-corrected chi connectivity index (χ4v) is 2.92. The molecule has 1 aromatic rings. The molecule has 0 amide bonds. The molecule has 1 aliphatic carbocycles. The Hall–Kier alpha value is -0.900. The lowest BCUT2D eigenvalue weighted by molar-refractivity contribution is -0.125. The molecule has 0 saturated heterocycles. The summed E-state index contributed by atoms with van der Waals surface area (Å²) in [5, 5.41) is 3.55. The molecular weight excluding hydrogens is 238 g/mol. The van der Waals surface area contributed by atoms with Crippen molar-refractivity contribution >= 4 is 0 Å². The molecule has 3 heteroatoms. The Labute approximate surface area is 116 Å². The van der Waals surface area contributed by atoms with Gasteiger partial charge in [0.1, 0.15) is 0 Å². The van der Waals surface area contributed by atoms with Crippen molar-refractivity contribution < 1.29 is 9.47 Å². The summed E-state index contributed by atoms with van der Waals surface area (Å²) in [6.07, 6.45) is 3.21. The van der Waals surface area contributed by atoms with Gasteiger partial charge in [-0.15, -0.1) is 0 Å². The van der Waals surface area contributed by atoms with Gasteiger partial charge in [0.15, 0.2) is 6.29 Å². The zero-order valence-electron chi connectivity index (χ0n) is 12.2. The van der Waals surface area contributed by atoms with E-state index in [1.165, 1.54) is 17.5 Å². The zero-order chi connectivity index (χ0) is 13.7. The van der Waals surface area contributed by atoms with E-state index in [-0.39, 0.29) is 12.3 Å². The highest BCUT2D eigenvalue weighted by Crippen LogP contribution is 2.38. The molecule has 2 rings (SSSR count). The van der Waals surface area contributed by atoms with E-state index in [2.05, 4.69) is 36.5 Å². The Balaban J connectivity index is 1.97. The third-order valence-electron chi connectivity index (χ3n) is 3.95. The summed E-state index contributed by atoms with van der Waals surface area (Å²) in [4.78, 5) is 0. The van der Waals surface area contributed by atoms with Gasteiger partial charge in [0.05, 0.1) is 6.04 Å². The minimum absolute atomic E-state index is 0.167. The molecule has 0 aliphatic heterocycles. The summed E-state index contributed by atoms with van der Waals surface area (Å²) >= 11 is 0. The van der Waals surface area contributed by atoms with Gasteiger partial charge in [0, 0.05) is 14.2 Å². The lowest BCUT2D eigenvalue weighted by Gasteiger charge is -2.35. The molecule has 0 bridgehead atoms. The first-order chi connectivity index (χ1) is 9.30. The van der Waals surface area contributed by atoms with Crippen molar-refractivity contribution in [1.29, 1.82) is 0 Å². The van der Waals surface area contributed by atoms with Crippen LogP contribution < -0.4 is 5.32 Å². The largest absolute Gasteiger partial charge is 0.354 e. The van der Waals surface area contributed by atoms with Gasteiger partial charge in [-0.2, -0.15) is 0 Å². The van der Waals surface area contributed by atoms with Crippen molar-refractivity contribution in [2.75, 3.05) is 20.8 Å². The Morgan fingerprint density at radius 2 is 2.00 bits per heavy atom. The summed E-state index contributed by atoms with van der Waals surface area (Å²) in [5.41, 5.74) is 2.99. The van der Waals surface area contributed by atoms with E-state index < -0.39 is 0 Å². The van der Waals surface area contributed by atoms with Crippen LogP contribution in [0.15, 0.2) is 24.3 Å². The molecule has 2 atom stereocenters. The lowest BCUT2D eigenvalue weighted by Crippen LogP contribution is -2.44. The third kappa shape index (κ3) is 3.35. The number of methoxy groups -OCH3 is 2. The van der Waals surface area contributed by atoms with Crippen LogP contribution in [0.3, 0.4) is 0 Å². The molecule has 1 aromatic carbocycles. The zero-order valence-corrected chi connectivity index (χ0v) is 12.2. The summed E-state index contributed by atoms with van der Waals surface area (Å²) in [5.74, 6) is 0.637. The molecule has 0 saturated carbocycles. The van der Waals surface area contributed by atoms with E-state index in [0.29, 0.717) is 5.92 Å². The Morgan fingerprint density at radius 1 is 1.26 bits per heavy atom. The van der Waals surface area contributed by atoms with E-state index in [9.17, 15) is 0 Å². The number of hydrogen-bond acceptors (Lipinski definition) is 3. The van der Waals surface area contributed by atoms with E-state index in [0.717, 1.165) is 19.4 Å². The SMILES string of the molecule is CCCNC(CC1Cc2ccccc21)C(OC)OC. The van der Waals surface area contributed by atoms with Crippen LogP contribution in [0, 0.1) is 0 Å². The third-order valence-corrected chi connectivity index (χ3v) is 3.95. The highest BCUT2D eigenvalue weighted by molar-refractivity contribution is 5.39. The maximum Gasteiger partial charge on any atom is 0.172 e. The average Bonchev–Trinajstić information content (AvgIpc) is 2.42. The fraction of sp³-hybridized carbons (Fsp3) is 0.625. The molecule has 0 radical (unpaired) electrons. The van der Waals surface area contributed by atoms with Gasteiger partial charge in [-0.05, 0) is 42.9 Å². The van der Waals surface area contributed by atoms with Crippen molar-refractivity contribution in [3.63, 3.8) is 0 Å².